The van der Waals surface area contributed by atoms with Crippen molar-refractivity contribution in [2.45, 2.75) is 69.1 Å². The van der Waals surface area contributed by atoms with E-state index >= 15 is 0 Å². The minimum Gasteiger partial charge on any atom is -0.348 e. The van der Waals surface area contributed by atoms with Gasteiger partial charge in [0.25, 0.3) is 5.91 Å². The van der Waals surface area contributed by atoms with Gasteiger partial charge in [-0.05, 0) is 25.3 Å². The zero-order valence-corrected chi connectivity index (χ0v) is 15.8. The van der Waals surface area contributed by atoms with Gasteiger partial charge in [0, 0.05) is 41.8 Å². The number of nitrogens with one attached hydrogen (secondary N) is 2. The molecule has 2 unspecified atom stereocenters. The molecular weight excluding hydrogens is 352 g/mol. The lowest BCUT2D eigenvalue weighted by atomic mass is 9.81. The Morgan fingerprint density at radius 1 is 1.08 bits per heavy atom. The third kappa shape index (κ3) is 2.88. The minimum atomic E-state index is 0.0177. The Morgan fingerprint density at radius 3 is 2.48 bits per heavy atom. The number of carbonyl (C=O) groups is 1. The quantitative estimate of drug-likeness (QED) is 0.846. The third-order valence-corrected chi connectivity index (χ3v) is 7.99. The van der Waals surface area contributed by atoms with Crippen LogP contribution in [0.4, 0.5) is 0 Å². The lowest BCUT2D eigenvalue weighted by Gasteiger charge is -2.46. The predicted molar refractivity (Wildman–Crippen MR) is 103 cm³/mol. The van der Waals surface area contributed by atoms with Crippen LogP contribution in [-0.4, -0.2) is 30.1 Å². The Morgan fingerprint density at radius 2 is 1.80 bits per heavy atom. The van der Waals surface area contributed by atoms with Gasteiger partial charge in [-0.15, -0.1) is 11.3 Å². The standard InChI is InChI=1S/C20H23ClN2OS/c21-18-16-6-1-2-7-17(16)25-19(18)20(24)22-12-10-14-4-3-5-15(11-12)23(14)13-8-9-13/h1-2,6-7,12-15H,3-5,8-11H2,(H,22,24)/p+1/t12?,14-,15+. The van der Waals surface area contributed by atoms with Crippen molar-refractivity contribution in [1.82, 2.24) is 5.32 Å². The SMILES string of the molecule is O=C(NC1C[C@H]2CCC[C@@H](C1)[NH+]2C1CC1)c1sc2ccccc2c1Cl. The molecule has 1 aliphatic carbocycles. The number of piperidine rings is 2. The molecule has 2 aromatic rings. The molecule has 5 heteroatoms. The molecule has 1 aromatic heterocycles. The molecule has 3 aliphatic rings. The second kappa shape index (κ2) is 6.26. The van der Waals surface area contributed by atoms with E-state index in [0.717, 1.165) is 41.1 Å². The van der Waals surface area contributed by atoms with Crippen molar-refractivity contribution in [2.75, 3.05) is 0 Å². The molecule has 3 fully saturated rings. The van der Waals surface area contributed by atoms with Crippen molar-refractivity contribution in [3.63, 3.8) is 0 Å². The molecule has 5 rings (SSSR count). The number of quaternary nitrogens is 1. The number of amides is 1. The predicted octanol–water partition coefficient (Wildman–Crippen LogP) is 3.42. The van der Waals surface area contributed by atoms with Crippen LogP contribution >= 0.6 is 22.9 Å². The highest BCUT2D eigenvalue weighted by Gasteiger charge is 2.49. The van der Waals surface area contributed by atoms with E-state index in [2.05, 4.69) is 5.32 Å². The van der Waals surface area contributed by atoms with Crippen LogP contribution in [0.3, 0.4) is 0 Å². The van der Waals surface area contributed by atoms with Gasteiger partial charge in [0.1, 0.15) is 4.88 Å². The molecule has 1 amide bonds. The molecule has 1 saturated carbocycles. The summed E-state index contributed by atoms with van der Waals surface area (Å²) in [4.78, 5) is 15.4. The lowest BCUT2D eigenvalue weighted by Crippen LogP contribution is -3.22. The highest BCUT2D eigenvalue weighted by atomic mass is 35.5. The molecule has 0 spiro atoms. The third-order valence-electron chi connectivity index (χ3n) is 6.31. The first kappa shape index (κ1) is 16.1. The summed E-state index contributed by atoms with van der Waals surface area (Å²) >= 11 is 7.99. The number of fused-ring (bicyclic) bond motifs is 3. The summed E-state index contributed by atoms with van der Waals surface area (Å²) in [6.07, 6.45) is 9.13. The van der Waals surface area contributed by atoms with Crippen molar-refractivity contribution >= 4 is 38.9 Å². The van der Waals surface area contributed by atoms with Gasteiger partial charge in [0.2, 0.25) is 0 Å². The highest BCUT2D eigenvalue weighted by molar-refractivity contribution is 7.21. The Labute approximate surface area is 157 Å². The van der Waals surface area contributed by atoms with E-state index in [1.807, 2.05) is 29.2 Å². The van der Waals surface area contributed by atoms with Gasteiger partial charge in [-0.2, -0.15) is 0 Å². The maximum atomic E-state index is 12.9. The number of rotatable bonds is 3. The molecule has 132 valence electrons. The number of carbonyl (C=O) groups excluding carboxylic acids is 1. The maximum Gasteiger partial charge on any atom is 0.263 e. The summed E-state index contributed by atoms with van der Waals surface area (Å²) in [7, 11) is 0. The molecule has 0 radical (unpaired) electrons. The van der Waals surface area contributed by atoms with Crippen LogP contribution in [0.1, 0.15) is 54.6 Å². The summed E-state index contributed by atoms with van der Waals surface area (Å²) in [5.41, 5.74) is 0. The summed E-state index contributed by atoms with van der Waals surface area (Å²) in [6.45, 7) is 0. The first-order chi connectivity index (χ1) is 12.2. The monoisotopic (exact) mass is 375 g/mol. The van der Waals surface area contributed by atoms with E-state index in [1.165, 1.54) is 43.4 Å². The fourth-order valence-corrected chi connectivity index (χ4v) is 6.60. The second-order valence-electron chi connectivity index (χ2n) is 7.98. The van der Waals surface area contributed by atoms with Gasteiger partial charge >= 0.3 is 0 Å². The van der Waals surface area contributed by atoms with Gasteiger partial charge in [0.05, 0.1) is 23.1 Å². The van der Waals surface area contributed by atoms with Crippen molar-refractivity contribution in [3.05, 3.63) is 34.2 Å². The number of benzene rings is 1. The fraction of sp³-hybridized carbons (Fsp3) is 0.550. The molecule has 2 saturated heterocycles. The zero-order valence-electron chi connectivity index (χ0n) is 14.3. The molecule has 2 N–H and O–H groups in total. The van der Waals surface area contributed by atoms with E-state index in [4.69, 9.17) is 11.6 Å². The van der Waals surface area contributed by atoms with Gasteiger partial charge in [-0.1, -0.05) is 29.8 Å². The number of halogens is 1. The number of hydrogen-bond donors (Lipinski definition) is 2. The Balaban J connectivity index is 1.33. The van der Waals surface area contributed by atoms with Gasteiger partial charge in [-0.25, -0.2) is 0 Å². The summed E-state index contributed by atoms with van der Waals surface area (Å²) in [6, 6.07) is 10.7. The zero-order chi connectivity index (χ0) is 17.0. The van der Waals surface area contributed by atoms with Crippen LogP contribution in [0.25, 0.3) is 10.1 Å². The number of thiophene rings is 1. The largest absolute Gasteiger partial charge is 0.348 e. The van der Waals surface area contributed by atoms with Crippen molar-refractivity contribution < 1.29 is 9.69 Å². The van der Waals surface area contributed by atoms with E-state index in [0.29, 0.717) is 15.9 Å². The topological polar surface area (TPSA) is 33.5 Å². The van der Waals surface area contributed by atoms with Crippen LogP contribution in [0, 0.1) is 0 Å². The van der Waals surface area contributed by atoms with E-state index in [1.54, 1.807) is 0 Å². The Kier molecular flexibility index (Phi) is 4.03. The highest BCUT2D eigenvalue weighted by Crippen LogP contribution is 2.35. The molecule has 2 aliphatic heterocycles. The Hall–Kier alpha value is -1.10. The first-order valence-electron chi connectivity index (χ1n) is 9.55. The van der Waals surface area contributed by atoms with Crippen molar-refractivity contribution in [3.8, 4) is 0 Å². The molecule has 25 heavy (non-hydrogen) atoms. The summed E-state index contributed by atoms with van der Waals surface area (Å²) < 4.78 is 1.09. The molecule has 4 atom stereocenters. The molecule has 1 aromatic carbocycles. The van der Waals surface area contributed by atoms with E-state index in [-0.39, 0.29) is 5.91 Å². The van der Waals surface area contributed by atoms with Crippen molar-refractivity contribution in [1.29, 1.82) is 0 Å². The van der Waals surface area contributed by atoms with Crippen molar-refractivity contribution in [2.24, 2.45) is 0 Å². The normalized spacial score (nSPS) is 31.9. The molecule has 3 heterocycles. The first-order valence-corrected chi connectivity index (χ1v) is 10.7. The fourth-order valence-electron chi connectivity index (χ4n) is 5.18. The van der Waals surface area contributed by atoms with Gasteiger partial charge in [0.15, 0.2) is 0 Å². The van der Waals surface area contributed by atoms with E-state index < -0.39 is 0 Å². The molecule has 2 bridgehead atoms. The summed E-state index contributed by atoms with van der Waals surface area (Å²) in [5, 5.41) is 4.92. The summed E-state index contributed by atoms with van der Waals surface area (Å²) in [5.74, 6) is 0.0177. The maximum absolute atomic E-state index is 12.9. The Bertz CT molecular complexity index is 801. The van der Waals surface area contributed by atoms with E-state index in [9.17, 15) is 4.79 Å². The number of hydrogen-bond acceptors (Lipinski definition) is 2. The van der Waals surface area contributed by atoms with Crippen LogP contribution < -0.4 is 10.2 Å². The van der Waals surface area contributed by atoms with Crippen LogP contribution in [0.5, 0.6) is 0 Å². The smallest absolute Gasteiger partial charge is 0.263 e. The molecule has 3 nitrogen and oxygen atoms in total. The van der Waals surface area contributed by atoms with Gasteiger partial charge in [-0.3, -0.25) is 4.79 Å². The van der Waals surface area contributed by atoms with Gasteiger partial charge < -0.3 is 10.2 Å². The minimum absolute atomic E-state index is 0.0177. The second-order valence-corrected chi connectivity index (χ2v) is 9.41. The van der Waals surface area contributed by atoms with Crippen LogP contribution in [0.15, 0.2) is 24.3 Å². The average Bonchev–Trinajstić information content (AvgIpc) is 3.38. The lowest BCUT2D eigenvalue weighted by molar-refractivity contribution is -0.971. The average molecular weight is 376 g/mol. The van der Waals surface area contributed by atoms with Crippen LogP contribution in [0.2, 0.25) is 5.02 Å². The van der Waals surface area contributed by atoms with Crippen LogP contribution in [-0.2, 0) is 0 Å². The molecular formula is C20H24ClN2OS+.